The fourth-order valence-electron chi connectivity index (χ4n) is 2.80. The first-order valence-electron chi connectivity index (χ1n) is 7.09. The Kier molecular flexibility index (Phi) is 4.62. The van der Waals surface area contributed by atoms with Crippen molar-refractivity contribution in [2.45, 2.75) is 26.3 Å². The van der Waals surface area contributed by atoms with Crippen LogP contribution in [0.5, 0.6) is 0 Å². The lowest BCUT2D eigenvalue weighted by molar-refractivity contribution is 0.0696. The molecule has 3 N–H and O–H groups in total. The van der Waals surface area contributed by atoms with Crippen molar-refractivity contribution in [1.82, 2.24) is 9.80 Å². The van der Waals surface area contributed by atoms with Crippen LogP contribution in [0.25, 0.3) is 0 Å². The number of nitrogen functional groups attached to an aromatic ring is 1. The van der Waals surface area contributed by atoms with Gasteiger partial charge in [-0.15, -0.1) is 0 Å². The van der Waals surface area contributed by atoms with Gasteiger partial charge in [0.2, 0.25) is 0 Å². The maximum absolute atomic E-state index is 12.7. The number of nitrogens with zero attached hydrogens (tertiary/aromatic N) is 2. The molecule has 0 bridgehead atoms. The number of hydrogen-bond donors (Lipinski definition) is 2. The molecule has 1 saturated heterocycles. The lowest BCUT2D eigenvalue weighted by Crippen LogP contribution is -2.42. The second-order valence-electron chi connectivity index (χ2n) is 5.64. The summed E-state index contributed by atoms with van der Waals surface area (Å²) < 4.78 is 0. The Morgan fingerprint density at radius 1 is 1.40 bits per heavy atom. The van der Waals surface area contributed by atoms with E-state index in [0.717, 1.165) is 42.9 Å². The Bertz CT molecular complexity index is 489. The molecular formula is C15H24N4O. The fourth-order valence-corrected chi connectivity index (χ4v) is 2.80. The van der Waals surface area contributed by atoms with Crippen molar-refractivity contribution in [3.8, 4) is 0 Å². The number of likely N-dealkylation sites (N-methyl/N-ethyl adjacent to an activating group) is 1. The van der Waals surface area contributed by atoms with Gasteiger partial charge in [-0.1, -0.05) is 0 Å². The second-order valence-corrected chi connectivity index (χ2v) is 5.64. The largest absolute Gasteiger partial charge is 0.335 e. The van der Waals surface area contributed by atoms with Crippen LogP contribution >= 0.6 is 0 Å². The van der Waals surface area contributed by atoms with Gasteiger partial charge in [0.05, 0.1) is 5.69 Å². The van der Waals surface area contributed by atoms with Crippen LogP contribution < -0.4 is 11.3 Å². The van der Waals surface area contributed by atoms with Gasteiger partial charge in [0, 0.05) is 24.7 Å². The summed E-state index contributed by atoms with van der Waals surface area (Å²) >= 11 is 0. The van der Waals surface area contributed by atoms with Gasteiger partial charge in [0.1, 0.15) is 0 Å². The van der Waals surface area contributed by atoms with E-state index in [1.807, 2.05) is 30.0 Å². The molecule has 110 valence electrons. The summed E-state index contributed by atoms with van der Waals surface area (Å²) in [5.74, 6) is 5.54. The van der Waals surface area contributed by atoms with Crippen molar-refractivity contribution in [3.63, 3.8) is 0 Å². The Balaban J connectivity index is 2.19. The molecule has 1 aromatic carbocycles. The van der Waals surface area contributed by atoms with Crippen LogP contribution in [0.3, 0.4) is 0 Å². The minimum Gasteiger partial charge on any atom is -0.335 e. The number of aryl methyl sites for hydroxylation is 1. The molecule has 0 spiro atoms. The Hall–Kier alpha value is -1.59. The average molecular weight is 276 g/mol. The third-order valence-corrected chi connectivity index (χ3v) is 3.94. The molecule has 1 aliphatic rings. The van der Waals surface area contributed by atoms with Gasteiger partial charge in [-0.3, -0.25) is 10.6 Å². The molecule has 0 saturated carbocycles. The van der Waals surface area contributed by atoms with Crippen molar-refractivity contribution in [1.29, 1.82) is 0 Å². The molecular weight excluding hydrogens is 252 g/mol. The quantitative estimate of drug-likeness (QED) is 0.634. The van der Waals surface area contributed by atoms with Gasteiger partial charge in [-0.05, 0) is 57.6 Å². The number of hydrazine groups is 1. The highest BCUT2D eigenvalue weighted by Gasteiger charge is 2.25. The molecule has 1 atom stereocenters. The summed E-state index contributed by atoms with van der Waals surface area (Å²) in [6.07, 6.45) is 1.02. The number of carbonyl (C=O) groups excluding carboxylic acids is 1. The molecule has 1 heterocycles. The van der Waals surface area contributed by atoms with E-state index in [2.05, 4.69) is 24.3 Å². The van der Waals surface area contributed by atoms with Crippen molar-refractivity contribution < 1.29 is 4.79 Å². The van der Waals surface area contributed by atoms with Crippen molar-refractivity contribution in [2.75, 3.05) is 32.1 Å². The van der Waals surface area contributed by atoms with Crippen LogP contribution in [0.4, 0.5) is 5.69 Å². The molecule has 1 aliphatic heterocycles. The topological polar surface area (TPSA) is 61.6 Å². The van der Waals surface area contributed by atoms with E-state index in [9.17, 15) is 4.79 Å². The first-order chi connectivity index (χ1) is 9.52. The normalized spacial score (nSPS) is 20.6. The highest BCUT2D eigenvalue weighted by atomic mass is 16.2. The number of hydrogen-bond acceptors (Lipinski definition) is 4. The van der Waals surface area contributed by atoms with E-state index in [0.29, 0.717) is 0 Å². The highest BCUT2D eigenvalue weighted by molar-refractivity contribution is 5.95. The zero-order valence-electron chi connectivity index (χ0n) is 12.5. The van der Waals surface area contributed by atoms with E-state index < -0.39 is 0 Å². The number of rotatable bonds is 2. The third-order valence-electron chi connectivity index (χ3n) is 3.94. The Labute approximate surface area is 120 Å². The van der Waals surface area contributed by atoms with Gasteiger partial charge >= 0.3 is 0 Å². The van der Waals surface area contributed by atoms with Crippen LogP contribution in [-0.2, 0) is 0 Å². The smallest absolute Gasteiger partial charge is 0.254 e. The number of benzene rings is 1. The third kappa shape index (κ3) is 3.11. The molecule has 5 heteroatoms. The number of carbonyl (C=O) groups is 1. The zero-order chi connectivity index (χ0) is 14.7. The maximum atomic E-state index is 12.7. The van der Waals surface area contributed by atoms with Gasteiger partial charge in [-0.25, -0.2) is 0 Å². The summed E-state index contributed by atoms with van der Waals surface area (Å²) in [5.41, 5.74) is 5.20. The summed E-state index contributed by atoms with van der Waals surface area (Å²) in [6, 6.07) is 5.84. The Morgan fingerprint density at radius 3 is 2.80 bits per heavy atom. The van der Waals surface area contributed by atoms with E-state index in [4.69, 9.17) is 5.84 Å². The number of amides is 1. The van der Waals surface area contributed by atoms with Crippen LogP contribution in [0.15, 0.2) is 18.2 Å². The fraction of sp³-hybridized carbons (Fsp3) is 0.533. The van der Waals surface area contributed by atoms with Crippen molar-refractivity contribution >= 4 is 11.6 Å². The summed E-state index contributed by atoms with van der Waals surface area (Å²) in [5, 5.41) is 0. The number of nitrogens with two attached hydrogens (primary N) is 1. The summed E-state index contributed by atoms with van der Waals surface area (Å²) in [6.45, 7) is 6.85. The van der Waals surface area contributed by atoms with Gasteiger partial charge < -0.3 is 15.2 Å². The summed E-state index contributed by atoms with van der Waals surface area (Å²) in [7, 11) is 2.11. The molecule has 1 fully saturated rings. The molecule has 1 unspecified atom stereocenters. The zero-order valence-corrected chi connectivity index (χ0v) is 12.5. The van der Waals surface area contributed by atoms with E-state index in [-0.39, 0.29) is 11.9 Å². The highest BCUT2D eigenvalue weighted by Crippen LogP contribution is 2.18. The molecule has 20 heavy (non-hydrogen) atoms. The first-order valence-corrected chi connectivity index (χ1v) is 7.09. The molecule has 0 aliphatic carbocycles. The van der Waals surface area contributed by atoms with Crippen LogP contribution in [0.2, 0.25) is 0 Å². The predicted molar refractivity (Wildman–Crippen MR) is 81.6 cm³/mol. The second kappa shape index (κ2) is 6.24. The Morgan fingerprint density at radius 2 is 2.15 bits per heavy atom. The predicted octanol–water partition coefficient (Wildman–Crippen LogP) is 1.45. The van der Waals surface area contributed by atoms with E-state index in [1.54, 1.807) is 0 Å². The van der Waals surface area contributed by atoms with Crippen LogP contribution in [0.1, 0.15) is 29.3 Å². The molecule has 1 amide bonds. The van der Waals surface area contributed by atoms with Crippen LogP contribution in [0, 0.1) is 6.92 Å². The SMILES string of the molecule is Cc1cc(C(=O)N2CCCN(C)CC2C)ccc1NN. The minimum atomic E-state index is 0.111. The van der Waals surface area contributed by atoms with Crippen molar-refractivity contribution in [2.24, 2.45) is 5.84 Å². The lowest BCUT2D eigenvalue weighted by atomic mass is 10.1. The molecule has 5 nitrogen and oxygen atoms in total. The lowest BCUT2D eigenvalue weighted by Gasteiger charge is -2.28. The first kappa shape index (κ1) is 14.8. The average Bonchev–Trinajstić information content (AvgIpc) is 2.58. The van der Waals surface area contributed by atoms with Crippen molar-refractivity contribution in [3.05, 3.63) is 29.3 Å². The standard InChI is InChI=1S/C15H24N4O/c1-11-9-13(5-6-14(11)17-16)15(20)19-8-4-7-18(3)10-12(19)2/h5-6,9,12,17H,4,7-8,10,16H2,1-3H3. The number of nitrogens with one attached hydrogen (secondary N) is 1. The number of anilines is 1. The molecule has 0 aromatic heterocycles. The molecule has 1 aromatic rings. The van der Waals surface area contributed by atoms with E-state index >= 15 is 0 Å². The minimum absolute atomic E-state index is 0.111. The van der Waals surface area contributed by atoms with Gasteiger partial charge in [0.15, 0.2) is 0 Å². The van der Waals surface area contributed by atoms with Gasteiger partial charge in [-0.2, -0.15) is 0 Å². The van der Waals surface area contributed by atoms with E-state index in [1.165, 1.54) is 0 Å². The molecule has 0 radical (unpaired) electrons. The van der Waals surface area contributed by atoms with Gasteiger partial charge in [0.25, 0.3) is 5.91 Å². The summed E-state index contributed by atoms with van der Waals surface area (Å²) in [4.78, 5) is 16.9. The van der Waals surface area contributed by atoms with Crippen LogP contribution in [-0.4, -0.2) is 48.4 Å². The molecule has 2 rings (SSSR count). The maximum Gasteiger partial charge on any atom is 0.254 e. The monoisotopic (exact) mass is 276 g/mol.